The van der Waals surface area contributed by atoms with Crippen molar-refractivity contribution in [1.82, 2.24) is 19.7 Å². The van der Waals surface area contributed by atoms with E-state index in [1.54, 1.807) is 0 Å². The molecule has 96 valence electrons. The van der Waals surface area contributed by atoms with Gasteiger partial charge in [0, 0.05) is 13.2 Å². The molecule has 3 N–H and O–H groups in total. The summed E-state index contributed by atoms with van der Waals surface area (Å²) in [6.07, 6.45) is 1.43. The van der Waals surface area contributed by atoms with E-state index < -0.39 is 11.1 Å². The molecule has 0 radical (unpaired) electrons. The summed E-state index contributed by atoms with van der Waals surface area (Å²) in [5.41, 5.74) is 4.56. The second kappa shape index (κ2) is 4.95. The van der Waals surface area contributed by atoms with Crippen molar-refractivity contribution in [2.45, 2.75) is 10.2 Å². The van der Waals surface area contributed by atoms with Crippen LogP contribution in [0.5, 0.6) is 0 Å². The molecule has 0 saturated heterocycles. The van der Waals surface area contributed by atoms with Crippen LogP contribution in [-0.2, 0) is 7.05 Å². The van der Waals surface area contributed by atoms with Crippen molar-refractivity contribution in [2.75, 3.05) is 5.73 Å². The Morgan fingerprint density at radius 3 is 2.95 bits per heavy atom. The first-order chi connectivity index (χ1) is 9.02. The molecule has 0 amide bonds. The molecule has 0 fully saturated rings. The number of nitrogens with one attached hydrogen (secondary N) is 1. The van der Waals surface area contributed by atoms with Crippen LogP contribution in [0.2, 0.25) is 0 Å². The lowest BCUT2D eigenvalue weighted by Gasteiger charge is -2.07. The molecule has 0 unspecified atom stereocenters. The van der Waals surface area contributed by atoms with Crippen LogP contribution in [0.4, 0.5) is 5.69 Å². The van der Waals surface area contributed by atoms with Crippen molar-refractivity contribution in [3.8, 4) is 6.07 Å². The van der Waals surface area contributed by atoms with Gasteiger partial charge >= 0.3 is 11.1 Å². The first-order valence-electron chi connectivity index (χ1n) is 5.02. The van der Waals surface area contributed by atoms with Gasteiger partial charge in [-0.25, -0.2) is 4.98 Å². The van der Waals surface area contributed by atoms with Gasteiger partial charge in [-0.1, -0.05) is 0 Å². The van der Waals surface area contributed by atoms with E-state index >= 15 is 0 Å². The first-order valence-corrected chi connectivity index (χ1v) is 5.84. The molecule has 0 aliphatic heterocycles. The topological polar surface area (TPSA) is 130 Å². The maximum absolute atomic E-state index is 11.2. The molecule has 2 rings (SSSR count). The highest BCUT2D eigenvalue weighted by Gasteiger charge is 2.11. The van der Waals surface area contributed by atoms with Crippen LogP contribution in [0, 0.1) is 11.3 Å². The Morgan fingerprint density at radius 2 is 2.26 bits per heavy atom. The molecule has 0 bridgehead atoms. The summed E-state index contributed by atoms with van der Waals surface area (Å²) >= 11 is 0.988. The van der Waals surface area contributed by atoms with Gasteiger partial charge in [-0.05, 0) is 17.8 Å². The second-order valence-electron chi connectivity index (χ2n) is 3.49. The zero-order valence-corrected chi connectivity index (χ0v) is 10.6. The number of nitrogens with zero attached hydrogens (tertiary/aromatic N) is 4. The van der Waals surface area contributed by atoms with E-state index in [0.717, 1.165) is 11.8 Å². The minimum absolute atomic E-state index is 0.204. The Balaban J connectivity index is 2.48. The summed E-state index contributed by atoms with van der Waals surface area (Å²) in [7, 11) is 1.53. The third-order valence-corrected chi connectivity index (χ3v) is 3.28. The molecule has 0 spiro atoms. The minimum atomic E-state index is -0.893. The number of pyridine rings is 1. The van der Waals surface area contributed by atoms with E-state index in [1.807, 2.05) is 6.07 Å². The summed E-state index contributed by atoms with van der Waals surface area (Å²) in [5.74, 6) is 0. The van der Waals surface area contributed by atoms with Crippen molar-refractivity contribution in [3.63, 3.8) is 0 Å². The van der Waals surface area contributed by atoms with Gasteiger partial charge in [0.05, 0.1) is 11.3 Å². The summed E-state index contributed by atoms with van der Waals surface area (Å²) in [4.78, 5) is 29.9. The van der Waals surface area contributed by atoms with Gasteiger partial charge in [0.2, 0.25) is 0 Å². The fraction of sp³-hybridized carbons (Fsp3) is 0.100. The quantitative estimate of drug-likeness (QED) is 0.705. The Labute approximate surface area is 110 Å². The number of rotatable bonds is 2. The first kappa shape index (κ1) is 12.8. The van der Waals surface area contributed by atoms with Gasteiger partial charge in [0.15, 0.2) is 5.16 Å². The largest absolute Gasteiger partial charge is 0.395 e. The van der Waals surface area contributed by atoms with Gasteiger partial charge < -0.3 is 5.73 Å². The van der Waals surface area contributed by atoms with Crippen LogP contribution < -0.4 is 16.9 Å². The number of aryl methyl sites for hydroxylation is 1. The molecular weight excluding hydrogens is 268 g/mol. The average molecular weight is 276 g/mol. The summed E-state index contributed by atoms with van der Waals surface area (Å²) in [6, 6.07) is 3.42. The second-order valence-corrected chi connectivity index (χ2v) is 4.45. The zero-order valence-electron chi connectivity index (χ0n) is 9.75. The van der Waals surface area contributed by atoms with Crippen LogP contribution in [-0.4, -0.2) is 19.7 Å². The van der Waals surface area contributed by atoms with Gasteiger partial charge in [-0.15, -0.1) is 0 Å². The third kappa shape index (κ3) is 2.48. The lowest BCUT2D eigenvalue weighted by molar-refractivity contribution is 0.596. The maximum Gasteiger partial charge on any atom is 0.339 e. The molecular formula is C10H8N6O2S. The van der Waals surface area contributed by atoms with Crippen molar-refractivity contribution in [1.29, 1.82) is 5.26 Å². The van der Waals surface area contributed by atoms with Crippen molar-refractivity contribution < 1.29 is 0 Å². The summed E-state index contributed by atoms with van der Waals surface area (Å²) in [5, 5.41) is 11.7. The Hall–Kier alpha value is -2.60. The van der Waals surface area contributed by atoms with Crippen LogP contribution in [0.3, 0.4) is 0 Å². The Morgan fingerprint density at radius 1 is 1.53 bits per heavy atom. The highest BCUT2D eigenvalue weighted by molar-refractivity contribution is 7.99. The predicted molar refractivity (Wildman–Crippen MR) is 67.6 cm³/mol. The van der Waals surface area contributed by atoms with E-state index in [9.17, 15) is 9.59 Å². The number of aromatic amines is 1. The predicted octanol–water partition coefficient (Wildman–Crippen LogP) is -0.531. The normalized spacial score (nSPS) is 10.1. The van der Waals surface area contributed by atoms with E-state index in [0.29, 0.717) is 5.03 Å². The standard InChI is InChI=1S/C10H8N6O2S/c1-16-10(14-7(17)8(18)15-16)19-9-6(12)5(4-11)2-3-13-9/h2-3H,12H2,1H3,(H,15,18). The number of hydrogen-bond acceptors (Lipinski definition) is 7. The molecule has 19 heavy (non-hydrogen) atoms. The van der Waals surface area contributed by atoms with Gasteiger partial charge in [0.25, 0.3) is 0 Å². The van der Waals surface area contributed by atoms with Crippen molar-refractivity contribution in [3.05, 3.63) is 38.5 Å². The number of nitrogen functional groups attached to an aromatic ring is 1. The lowest BCUT2D eigenvalue weighted by Crippen LogP contribution is -2.33. The average Bonchev–Trinajstić information content (AvgIpc) is 2.38. The Kier molecular flexibility index (Phi) is 3.35. The SMILES string of the molecule is Cn1[nH]c(=O)c(=O)nc1Sc1nccc(C#N)c1N. The molecule has 2 aromatic heterocycles. The van der Waals surface area contributed by atoms with Gasteiger partial charge in [-0.2, -0.15) is 10.2 Å². The summed E-state index contributed by atoms with van der Waals surface area (Å²) < 4.78 is 1.29. The fourth-order valence-electron chi connectivity index (χ4n) is 1.27. The van der Waals surface area contributed by atoms with Gasteiger partial charge in [0.1, 0.15) is 11.1 Å². The lowest BCUT2D eigenvalue weighted by atomic mass is 10.2. The molecule has 2 aromatic rings. The third-order valence-electron chi connectivity index (χ3n) is 2.21. The highest BCUT2D eigenvalue weighted by Crippen LogP contribution is 2.29. The molecule has 8 nitrogen and oxygen atoms in total. The number of anilines is 1. The molecule has 2 heterocycles. The molecule has 9 heteroatoms. The number of aromatic nitrogens is 4. The van der Waals surface area contributed by atoms with E-state index in [2.05, 4.69) is 15.1 Å². The molecule has 0 saturated carbocycles. The highest BCUT2D eigenvalue weighted by atomic mass is 32.2. The van der Waals surface area contributed by atoms with Crippen LogP contribution in [0.25, 0.3) is 0 Å². The van der Waals surface area contributed by atoms with Crippen LogP contribution >= 0.6 is 11.8 Å². The maximum atomic E-state index is 11.2. The minimum Gasteiger partial charge on any atom is -0.395 e. The smallest absolute Gasteiger partial charge is 0.339 e. The number of nitrogens with two attached hydrogens (primary N) is 1. The fourth-order valence-corrected chi connectivity index (χ4v) is 2.09. The molecule has 0 aromatic carbocycles. The van der Waals surface area contributed by atoms with Crippen molar-refractivity contribution in [2.24, 2.45) is 7.05 Å². The van der Waals surface area contributed by atoms with E-state index in [1.165, 1.54) is 24.0 Å². The van der Waals surface area contributed by atoms with Crippen LogP contribution in [0.1, 0.15) is 5.56 Å². The number of nitriles is 1. The van der Waals surface area contributed by atoms with Crippen LogP contribution in [0.15, 0.2) is 32.0 Å². The zero-order chi connectivity index (χ0) is 14.0. The van der Waals surface area contributed by atoms with E-state index in [-0.39, 0.29) is 16.4 Å². The Bertz CT molecular complexity index is 788. The van der Waals surface area contributed by atoms with Crippen molar-refractivity contribution >= 4 is 17.4 Å². The molecule has 0 atom stereocenters. The number of H-pyrrole nitrogens is 1. The monoisotopic (exact) mass is 276 g/mol. The summed E-state index contributed by atoms with van der Waals surface area (Å²) in [6.45, 7) is 0. The molecule has 0 aliphatic carbocycles. The molecule has 0 aliphatic rings. The van der Waals surface area contributed by atoms with E-state index in [4.69, 9.17) is 11.0 Å². The number of hydrogen-bond donors (Lipinski definition) is 2. The van der Waals surface area contributed by atoms with Gasteiger partial charge in [-0.3, -0.25) is 19.4 Å².